The lowest BCUT2D eigenvalue weighted by Gasteiger charge is -2.40. The molecule has 0 radical (unpaired) electrons. The first kappa shape index (κ1) is 12.8. The Hall–Kier alpha value is -0.610. The normalized spacial score (nSPS) is 28.4. The number of nitrogens with one attached hydrogen (secondary N) is 1. The average molecular weight is 239 g/mol. The maximum atomic E-state index is 12.4. The maximum absolute atomic E-state index is 12.4. The van der Waals surface area contributed by atoms with Gasteiger partial charge in [-0.15, -0.1) is 0 Å². The van der Waals surface area contributed by atoms with Crippen molar-refractivity contribution in [2.45, 2.75) is 32.2 Å². The Balaban J connectivity index is 1.90. The molecule has 4 nitrogen and oxygen atoms in total. The van der Waals surface area contributed by atoms with Crippen molar-refractivity contribution in [2.24, 2.45) is 5.92 Å². The van der Waals surface area contributed by atoms with Crippen LogP contribution in [0.5, 0.6) is 0 Å². The average Bonchev–Trinajstić information content (AvgIpc) is 2.39. The number of amides is 1. The maximum Gasteiger partial charge on any atom is 0.225 e. The second-order valence-electron chi connectivity index (χ2n) is 5.35. The highest BCUT2D eigenvalue weighted by Crippen LogP contribution is 2.18. The lowest BCUT2D eigenvalue weighted by Crippen LogP contribution is -2.54. The smallest absolute Gasteiger partial charge is 0.225 e. The van der Waals surface area contributed by atoms with Crippen LogP contribution < -0.4 is 5.32 Å². The van der Waals surface area contributed by atoms with Crippen molar-refractivity contribution in [3.63, 3.8) is 0 Å². The molecule has 4 heteroatoms. The lowest BCUT2D eigenvalue weighted by molar-refractivity contribution is -0.139. The zero-order valence-corrected chi connectivity index (χ0v) is 11.1. The molecule has 0 spiro atoms. The van der Waals surface area contributed by atoms with Gasteiger partial charge in [-0.3, -0.25) is 9.69 Å². The molecule has 0 bridgehead atoms. The molecule has 2 rings (SSSR count). The van der Waals surface area contributed by atoms with Crippen molar-refractivity contribution in [2.75, 3.05) is 39.8 Å². The van der Waals surface area contributed by atoms with E-state index in [4.69, 9.17) is 0 Å². The number of hydrogen-bond donors (Lipinski definition) is 1. The molecule has 98 valence electrons. The summed E-state index contributed by atoms with van der Waals surface area (Å²) in [5.74, 6) is 0.676. The van der Waals surface area contributed by atoms with Gasteiger partial charge in [-0.25, -0.2) is 0 Å². The number of hydrogen-bond acceptors (Lipinski definition) is 3. The van der Waals surface area contributed by atoms with Gasteiger partial charge in [-0.05, 0) is 39.4 Å². The molecule has 2 saturated heterocycles. The first-order valence-corrected chi connectivity index (χ1v) is 6.92. The summed E-state index contributed by atoms with van der Waals surface area (Å²) >= 11 is 0. The van der Waals surface area contributed by atoms with E-state index in [0.717, 1.165) is 52.0 Å². The number of piperidine rings is 1. The first-order chi connectivity index (χ1) is 8.22. The second kappa shape index (κ2) is 5.83. The molecule has 1 unspecified atom stereocenters. The first-order valence-electron chi connectivity index (χ1n) is 6.92. The van der Waals surface area contributed by atoms with Crippen LogP contribution in [0.4, 0.5) is 0 Å². The minimum Gasteiger partial charge on any atom is -0.340 e. The van der Waals surface area contributed by atoms with Gasteiger partial charge in [0, 0.05) is 31.6 Å². The summed E-state index contributed by atoms with van der Waals surface area (Å²) in [6.07, 6.45) is 3.16. The van der Waals surface area contributed by atoms with Gasteiger partial charge in [0.25, 0.3) is 0 Å². The van der Waals surface area contributed by atoms with Crippen LogP contribution in [0.1, 0.15) is 26.2 Å². The molecule has 2 aliphatic rings. The summed E-state index contributed by atoms with van der Waals surface area (Å²) in [6.45, 7) is 7.07. The monoisotopic (exact) mass is 239 g/mol. The van der Waals surface area contributed by atoms with E-state index >= 15 is 0 Å². The summed E-state index contributed by atoms with van der Waals surface area (Å²) in [4.78, 5) is 16.9. The highest BCUT2D eigenvalue weighted by Gasteiger charge is 2.30. The van der Waals surface area contributed by atoms with Crippen molar-refractivity contribution in [1.82, 2.24) is 15.1 Å². The molecule has 2 aliphatic heterocycles. The van der Waals surface area contributed by atoms with Crippen molar-refractivity contribution in [1.29, 1.82) is 0 Å². The summed E-state index contributed by atoms with van der Waals surface area (Å²) in [5.41, 5.74) is 0. The van der Waals surface area contributed by atoms with Crippen molar-refractivity contribution < 1.29 is 4.79 Å². The molecule has 1 amide bonds. The van der Waals surface area contributed by atoms with E-state index in [1.165, 1.54) is 0 Å². The van der Waals surface area contributed by atoms with Crippen LogP contribution in [0.15, 0.2) is 0 Å². The predicted molar refractivity (Wildman–Crippen MR) is 68.9 cm³/mol. The zero-order chi connectivity index (χ0) is 12.3. The quantitative estimate of drug-likeness (QED) is 0.764. The van der Waals surface area contributed by atoms with Crippen molar-refractivity contribution >= 4 is 5.91 Å². The van der Waals surface area contributed by atoms with Gasteiger partial charge in [-0.2, -0.15) is 0 Å². The van der Waals surface area contributed by atoms with Crippen LogP contribution in [0.25, 0.3) is 0 Å². The topological polar surface area (TPSA) is 35.6 Å². The molecular weight excluding hydrogens is 214 g/mol. The fraction of sp³-hybridized carbons (Fsp3) is 0.923. The molecule has 1 atom stereocenters. The Morgan fingerprint density at radius 1 is 1.29 bits per heavy atom. The number of likely N-dealkylation sites (N-methyl/N-ethyl adjacent to an activating group) is 1. The number of carbonyl (C=O) groups excluding carboxylic acids is 1. The van der Waals surface area contributed by atoms with Crippen LogP contribution in [-0.2, 0) is 4.79 Å². The number of rotatable bonds is 2. The van der Waals surface area contributed by atoms with Gasteiger partial charge in [0.05, 0.1) is 0 Å². The predicted octanol–water partition coefficient (Wildman–Crippen LogP) is 0.539. The third-order valence-corrected chi connectivity index (χ3v) is 4.25. The molecule has 0 saturated carbocycles. The fourth-order valence-corrected chi connectivity index (χ4v) is 2.91. The third-order valence-electron chi connectivity index (χ3n) is 4.25. The summed E-state index contributed by atoms with van der Waals surface area (Å²) in [7, 11) is 2.17. The molecule has 2 heterocycles. The van der Waals surface area contributed by atoms with Gasteiger partial charge in [0.1, 0.15) is 0 Å². The van der Waals surface area contributed by atoms with Crippen LogP contribution in [-0.4, -0.2) is 61.5 Å². The van der Waals surface area contributed by atoms with E-state index in [0.29, 0.717) is 11.9 Å². The summed E-state index contributed by atoms with van der Waals surface area (Å²) in [5, 5.41) is 3.32. The number of carbonyl (C=O) groups is 1. The van der Waals surface area contributed by atoms with Gasteiger partial charge in [-0.1, -0.05) is 6.92 Å². The van der Waals surface area contributed by atoms with Crippen LogP contribution in [0.2, 0.25) is 0 Å². The minimum atomic E-state index is 0.275. The Labute approximate surface area is 104 Å². The molecule has 1 N–H and O–H groups in total. The second-order valence-corrected chi connectivity index (χ2v) is 5.35. The van der Waals surface area contributed by atoms with Crippen LogP contribution >= 0.6 is 0 Å². The van der Waals surface area contributed by atoms with Gasteiger partial charge < -0.3 is 10.2 Å². The Morgan fingerprint density at radius 3 is 2.65 bits per heavy atom. The largest absolute Gasteiger partial charge is 0.340 e. The van der Waals surface area contributed by atoms with Crippen molar-refractivity contribution in [3.05, 3.63) is 0 Å². The van der Waals surface area contributed by atoms with Gasteiger partial charge in [0.2, 0.25) is 5.91 Å². The van der Waals surface area contributed by atoms with Gasteiger partial charge in [0.15, 0.2) is 0 Å². The lowest BCUT2D eigenvalue weighted by atomic mass is 9.95. The van der Waals surface area contributed by atoms with E-state index in [1.807, 2.05) is 0 Å². The SMILES string of the molecule is CCC1CN(C(=O)C2CCNCC2)CCN1C. The van der Waals surface area contributed by atoms with Gasteiger partial charge >= 0.3 is 0 Å². The molecule has 0 aromatic carbocycles. The summed E-state index contributed by atoms with van der Waals surface area (Å²) in [6, 6.07) is 0.550. The molecular formula is C13H25N3O. The molecule has 17 heavy (non-hydrogen) atoms. The Bertz CT molecular complexity index is 263. The van der Waals surface area contributed by atoms with Crippen molar-refractivity contribution in [3.8, 4) is 0 Å². The standard InChI is InChI=1S/C13H25N3O/c1-3-12-10-16(9-8-15(12)2)13(17)11-4-6-14-7-5-11/h11-12,14H,3-10H2,1-2H3. The van der Waals surface area contributed by atoms with Crippen LogP contribution in [0, 0.1) is 5.92 Å². The van der Waals surface area contributed by atoms with E-state index in [1.54, 1.807) is 0 Å². The molecule has 0 aromatic rings. The third kappa shape index (κ3) is 2.99. The number of piperazine rings is 1. The van der Waals surface area contributed by atoms with E-state index < -0.39 is 0 Å². The molecule has 2 fully saturated rings. The van der Waals surface area contributed by atoms with E-state index in [9.17, 15) is 4.79 Å². The van der Waals surface area contributed by atoms with E-state index in [-0.39, 0.29) is 5.92 Å². The highest BCUT2D eigenvalue weighted by atomic mass is 16.2. The Morgan fingerprint density at radius 2 is 2.00 bits per heavy atom. The molecule has 0 aliphatic carbocycles. The fourth-order valence-electron chi connectivity index (χ4n) is 2.91. The molecule has 0 aromatic heterocycles. The minimum absolute atomic E-state index is 0.275. The number of nitrogens with zero attached hydrogens (tertiary/aromatic N) is 2. The van der Waals surface area contributed by atoms with E-state index in [2.05, 4.69) is 29.1 Å². The summed E-state index contributed by atoms with van der Waals surface area (Å²) < 4.78 is 0. The Kier molecular flexibility index (Phi) is 4.40. The van der Waals surface area contributed by atoms with Crippen LogP contribution in [0.3, 0.4) is 0 Å². The highest BCUT2D eigenvalue weighted by molar-refractivity contribution is 5.79. The zero-order valence-electron chi connectivity index (χ0n) is 11.1.